The van der Waals surface area contributed by atoms with Gasteiger partial charge in [-0.2, -0.15) is 0 Å². The lowest BCUT2D eigenvalue weighted by molar-refractivity contribution is 0.103. The Labute approximate surface area is 108 Å². The molecule has 0 radical (unpaired) electrons. The van der Waals surface area contributed by atoms with E-state index in [0.717, 1.165) is 0 Å². The molecule has 0 aromatic carbocycles. The Morgan fingerprint density at radius 2 is 1.83 bits per heavy atom. The van der Waals surface area contributed by atoms with Crippen LogP contribution in [0.4, 0.5) is 0 Å². The van der Waals surface area contributed by atoms with Crippen molar-refractivity contribution in [3.05, 3.63) is 47.9 Å². The molecular formula is C11H9ClN2O3S. The van der Waals surface area contributed by atoms with Crippen molar-refractivity contribution in [2.45, 2.75) is 5.03 Å². The molecule has 7 heteroatoms. The zero-order chi connectivity index (χ0) is 13.3. The van der Waals surface area contributed by atoms with Gasteiger partial charge in [-0.1, -0.05) is 0 Å². The Hall–Kier alpha value is -1.66. The Bertz CT molecular complexity index is 692. The van der Waals surface area contributed by atoms with Crippen LogP contribution >= 0.6 is 10.7 Å². The zero-order valence-electron chi connectivity index (χ0n) is 9.37. The van der Waals surface area contributed by atoms with E-state index in [1.54, 1.807) is 12.1 Å². The summed E-state index contributed by atoms with van der Waals surface area (Å²) in [7, 11) is 2.88. The largest absolute Gasteiger partial charge is 0.331 e. The van der Waals surface area contributed by atoms with E-state index in [-0.39, 0.29) is 16.5 Å². The van der Waals surface area contributed by atoms with Crippen LogP contribution in [0.15, 0.2) is 41.7 Å². The van der Waals surface area contributed by atoms with Gasteiger partial charge < -0.3 is 4.57 Å². The van der Waals surface area contributed by atoms with Crippen molar-refractivity contribution in [1.29, 1.82) is 0 Å². The first-order valence-corrected chi connectivity index (χ1v) is 7.27. The maximum Gasteiger partial charge on any atom is 0.276 e. The SMILES string of the molecule is Cn1c(C(=O)c2ccncc2)ccc1S(=O)(=O)Cl. The second kappa shape index (κ2) is 4.55. The predicted octanol–water partition coefficient (Wildman–Crippen LogP) is 1.58. The van der Waals surface area contributed by atoms with Gasteiger partial charge in [-0.3, -0.25) is 9.78 Å². The molecule has 0 aliphatic carbocycles. The van der Waals surface area contributed by atoms with Crippen LogP contribution < -0.4 is 0 Å². The van der Waals surface area contributed by atoms with Gasteiger partial charge in [0, 0.05) is 35.7 Å². The van der Waals surface area contributed by atoms with E-state index in [0.29, 0.717) is 5.56 Å². The van der Waals surface area contributed by atoms with Crippen LogP contribution in [0.1, 0.15) is 16.1 Å². The second-order valence-corrected chi connectivity index (χ2v) is 6.13. The smallest absolute Gasteiger partial charge is 0.276 e. The number of carbonyl (C=O) groups excluding carboxylic acids is 1. The van der Waals surface area contributed by atoms with Gasteiger partial charge in [0.05, 0.1) is 5.69 Å². The monoisotopic (exact) mass is 284 g/mol. The Kier molecular flexibility index (Phi) is 3.23. The van der Waals surface area contributed by atoms with Gasteiger partial charge in [0.15, 0.2) is 5.03 Å². The van der Waals surface area contributed by atoms with Crippen LogP contribution in [0.25, 0.3) is 0 Å². The van der Waals surface area contributed by atoms with Crippen molar-refractivity contribution in [3.63, 3.8) is 0 Å². The van der Waals surface area contributed by atoms with Crippen molar-refractivity contribution >= 4 is 25.5 Å². The minimum absolute atomic E-state index is 0.110. The van der Waals surface area contributed by atoms with Gasteiger partial charge in [0.25, 0.3) is 9.05 Å². The minimum atomic E-state index is -3.86. The molecule has 0 fully saturated rings. The number of ketones is 1. The van der Waals surface area contributed by atoms with Gasteiger partial charge in [0.2, 0.25) is 5.78 Å². The zero-order valence-corrected chi connectivity index (χ0v) is 10.9. The van der Waals surface area contributed by atoms with Crippen LogP contribution in [0.3, 0.4) is 0 Å². The van der Waals surface area contributed by atoms with E-state index in [9.17, 15) is 13.2 Å². The first kappa shape index (κ1) is 12.8. The molecule has 5 nitrogen and oxygen atoms in total. The minimum Gasteiger partial charge on any atom is -0.331 e. The third-order valence-electron chi connectivity index (χ3n) is 2.50. The summed E-state index contributed by atoms with van der Waals surface area (Å²) < 4.78 is 23.8. The van der Waals surface area contributed by atoms with Crippen LogP contribution in [0.5, 0.6) is 0 Å². The summed E-state index contributed by atoms with van der Waals surface area (Å²) in [4.78, 5) is 15.9. The van der Waals surface area contributed by atoms with Crippen molar-refractivity contribution in [1.82, 2.24) is 9.55 Å². The Morgan fingerprint density at radius 3 is 2.33 bits per heavy atom. The number of hydrogen-bond acceptors (Lipinski definition) is 4. The lowest BCUT2D eigenvalue weighted by Crippen LogP contribution is -2.10. The second-order valence-electron chi connectivity index (χ2n) is 3.62. The van der Waals surface area contributed by atoms with Crippen LogP contribution in [0, 0.1) is 0 Å². The molecule has 0 spiro atoms. The van der Waals surface area contributed by atoms with E-state index in [4.69, 9.17) is 10.7 Å². The molecule has 0 unspecified atom stereocenters. The molecule has 2 aromatic rings. The number of aromatic nitrogens is 2. The fraction of sp³-hybridized carbons (Fsp3) is 0.0909. The van der Waals surface area contributed by atoms with E-state index in [2.05, 4.69) is 4.98 Å². The lowest BCUT2D eigenvalue weighted by Gasteiger charge is -2.04. The maximum atomic E-state index is 12.1. The van der Waals surface area contributed by atoms with E-state index >= 15 is 0 Å². The molecule has 2 rings (SSSR count). The first-order valence-electron chi connectivity index (χ1n) is 4.96. The molecule has 18 heavy (non-hydrogen) atoms. The molecular weight excluding hydrogens is 276 g/mol. The average Bonchev–Trinajstić information content (AvgIpc) is 2.71. The molecule has 0 saturated heterocycles. The van der Waals surface area contributed by atoms with Crippen LogP contribution in [0.2, 0.25) is 0 Å². The maximum absolute atomic E-state index is 12.1. The molecule has 2 aromatic heterocycles. The highest BCUT2D eigenvalue weighted by atomic mass is 35.7. The third kappa shape index (κ3) is 2.30. The van der Waals surface area contributed by atoms with Gasteiger partial charge in [-0.05, 0) is 24.3 Å². The standard InChI is InChI=1S/C11H9ClN2O3S/c1-14-9(2-3-10(14)18(12,16)17)11(15)8-4-6-13-7-5-8/h2-7H,1H3. The van der Waals surface area contributed by atoms with Crippen molar-refractivity contribution in [3.8, 4) is 0 Å². The number of pyridine rings is 1. The number of nitrogens with zero attached hydrogens (tertiary/aromatic N) is 2. The Morgan fingerprint density at radius 1 is 1.22 bits per heavy atom. The van der Waals surface area contributed by atoms with Crippen molar-refractivity contribution in [2.24, 2.45) is 7.05 Å². The summed E-state index contributed by atoms with van der Waals surface area (Å²) in [5.41, 5.74) is 0.685. The molecule has 0 N–H and O–H groups in total. The predicted molar refractivity (Wildman–Crippen MR) is 66.1 cm³/mol. The fourth-order valence-corrected chi connectivity index (χ4v) is 2.74. The topological polar surface area (TPSA) is 69.0 Å². The average molecular weight is 285 g/mol. The lowest BCUT2D eigenvalue weighted by atomic mass is 10.1. The highest BCUT2D eigenvalue weighted by molar-refractivity contribution is 8.13. The highest BCUT2D eigenvalue weighted by Crippen LogP contribution is 2.19. The van der Waals surface area contributed by atoms with Crippen LogP contribution in [-0.2, 0) is 16.1 Å². The fourth-order valence-electron chi connectivity index (χ4n) is 1.62. The molecule has 0 bridgehead atoms. The van der Waals surface area contributed by atoms with Crippen molar-refractivity contribution < 1.29 is 13.2 Å². The quantitative estimate of drug-likeness (QED) is 0.634. The molecule has 0 amide bonds. The molecule has 2 heterocycles. The van der Waals surface area contributed by atoms with Gasteiger partial charge >= 0.3 is 0 Å². The number of hydrogen-bond donors (Lipinski definition) is 0. The summed E-state index contributed by atoms with van der Waals surface area (Å²) in [5.74, 6) is -0.286. The molecule has 0 aliphatic rings. The van der Waals surface area contributed by atoms with Gasteiger partial charge in [0.1, 0.15) is 0 Å². The van der Waals surface area contributed by atoms with E-state index in [1.807, 2.05) is 0 Å². The molecule has 0 saturated carbocycles. The summed E-state index contributed by atoms with van der Waals surface area (Å²) in [6, 6.07) is 5.85. The first-order chi connectivity index (χ1) is 8.41. The number of halogens is 1. The molecule has 94 valence electrons. The highest BCUT2D eigenvalue weighted by Gasteiger charge is 2.20. The normalized spacial score (nSPS) is 11.4. The van der Waals surface area contributed by atoms with Gasteiger partial charge in [-0.25, -0.2) is 8.42 Å². The molecule has 0 aliphatic heterocycles. The number of rotatable bonds is 3. The van der Waals surface area contributed by atoms with E-state index < -0.39 is 9.05 Å². The summed E-state index contributed by atoms with van der Waals surface area (Å²) >= 11 is 0. The third-order valence-corrected chi connectivity index (χ3v) is 3.88. The Balaban J connectivity index is 2.49. The molecule has 0 atom stereocenters. The van der Waals surface area contributed by atoms with Gasteiger partial charge in [-0.15, -0.1) is 0 Å². The van der Waals surface area contributed by atoms with Crippen LogP contribution in [-0.4, -0.2) is 23.8 Å². The summed E-state index contributed by atoms with van der Waals surface area (Å²) in [5, 5.41) is -0.110. The van der Waals surface area contributed by atoms with E-state index in [1.165, 1.54) is 36.1 Å². The van der Waals surface area contributed by atoms with Crippen molar-refractivity contribution in [2.75, 3.05) is 0 Å². The summed E-state index contributed by atoms with van der Waals surface area (Å²) in [6.45, 7) is 0. The summed E-state index contributed by atoms with van der Waals surface area (Å²) in [6.07, 6.45) is 2.99. The number of carbonyl (C=O) groups is 1.